The maximum atomic E-state index is 3.66. The highest BCUT2D eigenvalue weighted by Crippen LogP contribution is 2.17. The molecule has 1 aliphatic heterocycles. The molecule has 1 fully saturated rings. The van der Waals surface area contributed by atoms with Gasteiger partial charge < -0.3 is 10.2 Å². The van der Waals surface area contributed by atoms with Crippen molar-refractivity contribution in [2.45, 2.75) is 64.5 Å². The molecular formula is C13H28N2. The summed E-state index contributed by atoms with van der Waals surface area (Å²) in [6.07, 6.45) is 8.08. The monoisotopic (exact) mass is 212 g/mol. The maximum absolute atomic E-state index is 3.66. The van der Waals surface area contributed by atoms with Crippen molar-refractivity contribution in [3.05, 3.63) is 0 Å². The van der Waals surface area contributed by atoms with E-state index >= 15 is 0 Å². The molecule has 0 aromatic heterocycles. The first-order valence-electron chi connectivity index (χ1n) is 6.71. The molecule has 1 rings (SSSR count). The largest absolute Gasteiger partial charge is 0.314 e. The first kappa shape index (κ1) is 13.0. The van der Waals surface area contributed by atoms with Crippen molar-refractivity contribution in [1.82, 2.24) is 10.2 Å². The molecule has 1 N–H and O–H groups in total. The Kier molecular flexibility index (Phi) is 6.26. The molecule has 0 saturated carbocycles. The summed E-state index contributed by atoms with van der Waals surface area (Å²) >= 11 is 0. The van der Waals surface area contributed by atoms with E-state index in [4.69, 9.17) is 0 Å². The van der Waals surface area contributed by atoms with Gasteiger partial charge in [0.2, 0.25) is 0 Å². The number of piperidine rings is 1. The van der Waals surface area contributed by atoms with Crippen LogP contribution in [-0.4, -0.2) is 37.1 Å². The van der Waals surface area contributed by atoms with Gasteiger partial charge in [0.25, 0.3) is 0 Å². The second-order valence-electron chi connectivity index (χ2n) is 4.89. The van der Waals surface area contributed by atoms with E-state index in [1.165, 1.54) is 51.6 Å². The lowest BCUT2D eigenvalue weighted by Gasteiger charge is -2.32. The van der Waals surface area contributed by atoms with E-state index in [2.05, 4.69) is 31.1 Å². The SMILES string of the molecule is CCC(CC)NCCC1CCCCN1C. The highest BCUT2D eigenvalue weighted by molar-refractivity contribution is 4.75. The third-order valence-corrected chi connectivity index (χ3v) is 3.82. The molecule has 0 aliphatic carbocycles. The zero-order valence-corrected chi connectivity index (χ0v) is 10.8. The summed E-state index contributed by atoms with van der Waals surface area (Å²) in [7, 11) is 2.28. The predicted octanol–water partition coefficient (Wildman–Crippen LogP) is 2.64. The first-order chi connectivity index (χ1) is 7.27. The van der Waals surface area contributed by atoms with Gasteiger partial charge in [-0.25, -0.2) is 0 Å². The predicted molar refractivity (Wildman–Crippen MR) is 67.3 cm³/mol. The normalized spacial score (nSPS) is 23.6. The smallest absolute Gasteiger partial charge is 0.0104 e. The molecule has 0 aromatic rings. The Hall–Kier alpha value is -0.0800. The fourth-order valence-corrected chi connectivity index (χ4v) is 2.54. The molecule has 0 aromatic carbocycles. The van der Waals surface area contributed by atoms with E-state index in [0.717, 1.165) is 12.1 Å². The van der Waals surface area contributed by atoms with Crippen LogP contribution >= 0.6 is 0 Å². The lowest BCUT2D eigenvalue weighted by molar-refractivity contribution is 0.174. The van der Waals surface area contributed by atoms with E-state index in [-0.39, 0.29) is 0 Å². The molecule has 0 amide bonds. The second-order valence-corrected chi connectivity index (χ2v) is 4.89. The van der Waals surface area contributed by atoms with Gasteiger partial charge in [-0.1, -0.05) is 20.3 Å². The summed E-state index contributed by atoms with van der Waals surface area (Å²) in [5.74, 6) is 0. The van der Waals surface area contributed by atoms with Gasteiger partial charge >= 0.3 is 0 Å². The van der Waals surface area contributed by atoms with Crippen LogP contribution in [0.3, 0.4) is 0 Å². The van der Waals surface area contributed by atoms with Gasteiger partial charge in [0.15, 0.2) is 0 Å². The number of hydrogen-bond donors (Lipinski definition) is 1. The Morgan fingerprint density at radius 2 is 2.00 bits per heavy atom. The summed E-state index contributed by atoms with van der Waals surface area (Å²) in [6.45, 7) is 7.04. The quantitative estimate of drug-likeness (QED) is 0.728. The Morgan fingerprint density at radius 1 is 1.27 bits per heavy atom. The summed E-state index contributed by atoms with van der Waals surface area (Å²) in [5, 5.41) is 3.66. The van der Waals surface area contributed by atoms with Gasteiger partial charge in [-0.3, -0.25) is 0 Å². The molecule has 1 atom stereocenters. The van der Waals surface area contributed by atoms with Crippen LogP contribution in [0.2, 0.25) is 0 Å². The Morgan fingerprint density at radius 3 is 2.60 bits per heavy atom. The number of likely N-dealkylation sites (tertiary alicyclic amines) is 1. The fourth-order valence-electron chi connectivity index (χ4n) is 2.54. The first-order valence-corrected chi connectivity index (χ1v) is 6.71. The highest BCUT2D eigenvalue weighted by atomic mass is 15.1. The van der Waals surface area contributed by atoms with Crippen molar-refractivity contribution < 1.29 is 0 Å². The van der Waals surface area contributed by atoms with Crippen LogP contribution in [0.5, 0.6) is 0 Å². The molecule has 1 unspecified atom stereocenters. The third kappa shape index (κ3) is 4.52. The van der Waals surface area contributed by atoms with Gasteiger partial charge in [0.05, 0.1) is 0 Å². The minimum atomic E-state index is 0.735. The number of nitrogens with one attached hydrogen (secondary N) is 1. The molecule has 0 spiro atoms. The van der Waals surface area contributed by atoms with Crippen molar-refractivity contribution in [2.75, 3.05) is 20.1 Å². The fraction of sp³-hybridized carbons (Fsp3) is 1.00. The molecule has 1 heterocycles. The van der Waals surface area contributed by atoms with E-state index in [1.807, 2.05) is 0 Å². The minimum Gasteiger partial charge on any atom is -0.314 e. The standard InChI is InChI=1S/C13H28N2/c1-4-12(5-2)14-10-9-13-8-6-7-11-15(13)3/h12-14H,4-11H2,1-3H3. The van der Waals surface area contributed by atoms with Crippen molar-refractivity contribution in [2.24, 2.45) is 0 Å². The molecule has 15 heavy (non-hydrogen) atoms. The van der Waals surface area contributed by atoms with Gasteiger partial charge in [0, 0.05) is 12.1 Å². The molecule has 90 valence electrons. The van der Waals surface area contributed by atoms with Crippen LogP contribution in [0, 0.1) is 0 Å². The Balaban J connectivity index is 2.12. The zero-order chi connectivity index (χ0) is 11.1. The van der Waals surface area contributed by atoms with E-state index in [9.17, 15) is 0 Å². The Bertz CT molecular complexity index is 155. The topological polar surface area (TPSA) is 15.3 Å². The Labute approximate surface area is 95.4 Å². The highest BCUT2D eigenvalue weighted by Gasteiger charge is 2.18. The summed E-state index contributed by atoms with van der Waals surface area (Å²) in [4.78, 5) is 2.54. The summed E-state index contributed by atoms with van der Waals surface area (Å²) < 4.78 is 0. The van der Waals surface area contributed by atoms with Gasteiger partial charge in [-0.15, -0.1) is 0 Å². The minimum absolute atomic E-state index is 0.735. The molecular weight excluding hydrogens is 184 g/mol. The lowest BCUT2D eigenvalue weighted by Crippen LogP contribution is -2.39. The van der Waals surface area contributed by atoms with Crippen molar-refractivity contribution in [3.63, 3.8) is 0 Å². The number of rotatable bonds is 6. The van der Waals surface area contributed by atoms with Crippen LogP contribution in [0.1, 0.15) is 52.4 Å². The van der Waals surface area contributed by atoms with Crippen molar-refractivity contribution in [1.29, 1.82) is 0 Å². The maximum Gasteiger partial charge on any atom is 0.0104 e. The van der Waals surface area contributed by atoms with E-state index in [0.29, 0.717) is 0 Å². The van der Waals surface area contributed by atoms with Crippen LogP contribution in [-0.2, 0) is 0 Å². The average Bonchev–Trinajstić information content (AvgIpc) is 2.27. The van der Waals surface area contributed by atoms with Gasteiger partial charge in [0.1, 0.15) is 0 Å². The molecule has 0 bridgehead atoms. The van der Waals surface area contributed by atoms with E-state index in [1.54, 1.807) is 0 Å². The third-order valence-electron chi connectivity index (χ3n) is 3.82. The molecule has 1 saturated heterocycles. The van der Waals surface area contributed by atoms with Gasteiger partial charge in [-0.05, 0) is 52.2 Å². The van der Waals surface area contributed by atoms with Crippen molar-refractivity contribution in [3.8, 4) is 0 Å². The lowest BCUT2D eigenvalue weighted by atomic mass is 10.00. The molecule has 0 radical (unpaired) electrons. The molecule has 2 heteroatoms. The number of hydrogen-bond acceptors (Lipinski definition) is 2. The van der Waals surface area contributed by atoms with Crippen LogP contribution in [0.15, 0.2) is 0 Å². The summed E-state index contributed by atoms with van der Waals surface area (Å²) in [6, 6.07) is 1.57. The average molecular weight is 212 g/mol. The van der Waals surface area contributed by atoms with Crippen LogP contribution in [0.25, 0.3) is 0 Å². The molecule has 1 aliphatic rings. The second kappa shape index (κ2) is 7.24. The van der Waals surface area contributed by atoms with Crippen LogP contribution in [0.4, 0.5) is 0 Å². The zero-order valence-electron chi connectivity index (χ0n) is 10.8. The summed E-state index contributed by atoms with van der Waals surface area (Å²) in [5.41, 5.74) is 0. The van der Waals surface area contributed by atoms with Crippen molar-refractivity contribution >= 4 is 0 Å². The van der Waals surface area contributed by atoms with E-state index < -0.39 is 0 Å². The van der Waals surface area contributed by atoms with Gasteiger partial charge in [-0.2, -0.15) is 0 Å². The number of nitrogens with zero attached hydrogens (tertiary/aromatic N) is 1. The molecule has 2 nitrogen and oxygen atoms in total. The van der Waals surface area contributed by atoms with Crippen LogP contribution < -0.4 is 5.32 Å².